The van der Waals surface area contributed by atoms with Crippen molar-refractivity contribution < 1.29 is 19.2 Å². The Morgan fingerprint density at radius 3 is 2.23 bits per heavy atom. The minimum absolute atomic E-state index is 0.0218. The number of aromatic nitrogens is 2. The molecule has 9 heteroatoms. The van der Waals surface area contributed by atoms with Crippen LogP contribution in [-0.2, 0) is 0 Å². The van der Waals surface area contributed by atoms with E-state index in [4.69, 9.17) is 4.74 Å². The normalized spacial score (nSPS) is 13.2. The Balaban J connectivity index is 2.16. The number of rotatable bonds is 3. The summed E-state index contributed by atoms with van der Waals surface area (Å²) >= 11 is 0. The van der Waals surface area contributed by atoms with Crippen molar-refractivity contribution in [3.05, 3.63) is 52.1 Å². The van der Waals surface area contributed by atoms with Gasteiger partial charge in [-0.15, -0.1) is 0 Å². The number of nitrogens with zero attached hydrogens (tertiary/aromatic N) is 4. The van der Waals surface area contributed by atoms with E-state index in [-0.39, 0.29) is 28.5 Å². The van der Waals surface area contributed by atoms with Crippen LogP contribution in [-0.4, -0.2) is 33.8 Å². The predicted molar refractivity (Wildman–Crippen MR) is 72.8 cm³/mol. The smallest absolute Gasteiger partial charge is 0.286 e. The zero-order valence-electron chi connectivity index (χ0n) is 11.2. The Bertz CT molecular complexity index is 785. The molecule has 0 saturated carbocycles. The molecule has 22 heavy (non-hydrogen) atoms. The summed E-state index contributed by atoms with van der Waals surface area (Å²) in [7, 11) is 1.33. The summed E-state index contributed by atoms with van der Waals surface area (Å²) in [5.41, 5.74) is -0.484. The van der Waals surface area contributed by atoms with Crippen LogP contribution in [0, 0.1) is 10.1 Å². The number of carbonyl (C=O) groups is 2. The van der Waals surface area contributed by atoms with Crippen LogP contribution in [0.3, 0.4) is 0 Å². The van der Waals surface area contributed by atoms with Gasteiger partial charge in [-0.25, -0.2) is 14.9 Å². The third-order valence-electron chi connectivity index (χ3n) is 3.12. The summed E-state index contributed by atoms with van der Waals surface area (Å²) in [6, 6.07) is 3.63. The van der Waals surface area contributed by atoms with E-state index in [1.807, 2.05) is 0 Å². The lowest BCUT2D eigenvalue weighted by Crippen LogP contribution is -2.30. The second kappa shape index (κ2) is 4.88. The average molecular weight is 300 g/mol. The highest BCUT2D eigenvalue weighted by Gasteiger charge is 2.41. The molecule has 0 unspecified atom stereocenters. The first-order valence-corrected chi connectivity index (χ1v) is 6.07. The van der Waals surface area contributed by atoms with Gasteiger partial charge in [-0.05, 0) is 6.07 Å². The molecule has 0 spiro atoms. The molecule has 0 radical (unpaired) electrons. The number of non-ortho nitro benzene ring substituents is 1. The molecule has 9 nitrogen and oxygen atoms in total. The van der Waals surface area contributed by atoms with Crippen molar-refractivity contribution in [1.29, 1.82) is 0 Å². The Morgan fingerprint density at radius 1 is 1.14 bits per heavy atom. The molecule has 0 saturated heterocycles. The van der Waals surface area contributed by atoms with Crippen molar-refractivity contribution in [3.8, 4) is 5.75 Å². The number of ether oxygens (including phenoxy) is 1. The van der Waals surface area contributed by atoms with E-state index in [0.717, 1.165) is 11.0 Å². The second-order valence-electron chi connectivity index (χ2n) is 4.31. The molecule has 0 aliphatic carbocycles. The fraction of sp³-hybridized carbons (Fsp3) is 0.0769. The van der Waals surface area contributed by atoms with Crippen LogP contribution in [0.5, 0.6) is 5.75 Å². The Hall–Kier alpha value is -3.36. The molecule has 2 aromatic rings. The van der Waals surface area contributed by atoms with Crippen LogP contribution < -0.4 is 9.64 Å². The number of hydrogen-bond acceptors (Lipinski definition) is 7. The summed E-state index contributed by atoms with van der Waals surface area (Å²) in [6.07, 6.45) is 2.58. The zero-order chi connectivity index (χ0) is 15.9. The predicted octanol–water partition coefficient (Wildman–Crippen LogP) is 1.19. The van der Waals surface area contributed by atoms with Gasteiger partial charge in [-0.1, -0.05) is 0 Å². The van der Waals surface area contributed by atoms with Crippen molar-refractivity contribution >= 4 is 23.2 Å². The van der Waals surface area contributed by atoms with Crippen LogP contribution in [0.2, 0.25) is 0 Å². The standard InChI is InChI=1S/C13H8N4O5/c1-22-9-3-2-7(17(20)21)6-8(9)16-12(18)10-11(13(16)19)15-5-4-14-10/h2-6H,1H3. The number of imide groups is 1. The van der Waals surface area contributed by atoms with Crippen molar-refractivity contribution in [2.75, 3.05) is 12.0 Å². The van der Waals surface area contributed by atoms with Crippen LogP contribution in [0.15, 0.2) is 30.6 Å². The number of anilines is 1. The third kappa shape index (κ3) is 1.87. The van der Waals surface area contributed by atoms with E-state index in [2.05, 4.69) is 9.97 Å². The maximum Gasteiger partial charge on any atom is 0.286 e. The molecule has 0 bridgehead atoms. The van der Waals surface area contributed by atoms with Gasteiger partial charge in [0.15, 0.2) is 11.4 Å². The number of nitro groups is 1. The number of fused-ring (bicyclic) bond motifs is 1. The number of hydrogen-bond donors (Lipinski definition) is 0. The number of benzene rings is 1. The molecular weight excluding hydrogens is 292 g/mol. The van der Waals surface area contributed by atoms with Crippen molar-refractivity contribution in [3.63, 3.8) is 0 Å². The Morgan fingerprint density at radius 2 is 1.73 bits per heavy atom. The lowest BCUT2D eigenvalue weighted by molar-refractivity contribution is -0.384. The summed E-state index contributed by atoms with van der Waals surface area (Å²) in [5, 5.41) is 10.9. The van der Waals surface area contributed by atoms with Crippen molar-refractivity contribution in [1.82, 2.24) is 9.97 Å². The molecule has 2 heterocycles. The van der Waals surface area contributed by atoms with Gasteiger partial charge in [0.05, 0.1) is 12.0 Å². The Labute approximate surface area is 123 Å². The monoisotopic (exact) mass is 300 g/mol. The van der Waals surface area contributed by atoms with Crippen molar-refractivity contribution in [2.45, 2.75) is 0 Å². The fourth-order valence-electron chi connectivity index (χ4n) is 2.14. The zero-order valence-corrected chi connectivity index (χ0v) is 11.2. The van der Waals surface area contributed by atoms with Gasteiger partial charge in [-0.3, -0.25) is 19.7 Å². The largest absolute Gasteiger partial charge is 0.495 e. The maximum absolute atomic E-state index is 12.3. The van der Waals surface area contributed by atoms with Gasteiger partial charge in [0.1, 0.15) is 11.4 Å². The Kier molecular flexibility index (Phi) is 3.02. The van der Waals surface area contributed by atoms with Gasteiger partial charge < -0.3 is 4.74 Å². The summed E-state index contributed by atoms with van der Waals surface area (Å²) < 4.78 is 5.08. The molecule has 0 N–H and O–H groups in total. The van der Waals surface area contributed by atoms with E-state index in [0.29, 0.717) is 0 Å². The highest BCUT2D eigenvalue weighted by Crippen LogP contribution is 2.36. The molecular formula is C13H8N4O5. The first-order valence-electron chi connectivity index (χ1n) is 6.07. The van der Waals surface area contributed by atoms with Crippen molar-refractivity contribution in [2.24, 2.45) is 0 Å². The van der Waals surface area contributed by atoms with Gasteiger partial charge in [-0.2, -0.15) is 0 Å². The van der Waals surface area contributed by atoms with Crippen LogP contribution in [0.1, 0.15) is 21.0 Å². The minimum Gasteiger partial charge on any atom is -0.495 e. The fourth-order valence-corrected chi connectivity index (χ4v) is 2.14. The molecule has 1 aromatic heterocycles. The van der Waals surface area contributed by atoms with Gasteiger partial charge in [0, 0.05) is 24.5 Å². The van der Waals surface area contributed by atoms with E-state index >= 15 is 0 Å². The first-order chi connectivity index (χ1) is 10.5. The van der Waals surface area contributed by atoms with E-state index in [1.165, 1.54) is 31.6 Å². The van der Waals surface area contributed by atoms with Gasteiger partial charge in [0.25, 0.3) is 17.5 Å². The highest BCUT2D eigenvalue weighted by atomic mass is 16.6. The molecule has 110 valence electrons. The van der Waals surface area contributed by atoms with Gasteiger partial charge in [0.2, 0.25) is 0 Å². The molecule has 3 rings (SSSR count). The van der Waals surface area contributed by atoms with E-state index < -0.39 is 16.7 Å². The third-order valence-corrected chi connectivity index (χ3v) is 3.12. The molecule has 1 aromatic carbocycles. The molecule has 1 aliphatic rings. The summed E-state index contributed by atoms with van der Waals surface area (Å²) in [4.78, 5) is 43.4. The SMILES string of the molecule is COc1ccc([N+](=O)[O-])cc1N1C(=O)c2nccnc2C1=O. The van der Waals surface area contributed by atoms with Crippen LogP contribution in [0.4, 0.5) is 11.4 Å². The lowest BCUT2D eigenvalue weighted by atomic mass is 10.2. The number of nitro benzene ring substituents is 1. The van der Waals surface area contributed by atoms with Gasteiger partial charge >= 0.3 is 0 Å². The topological polar surface area (TPSA) is 116 Å². The average Bonchev–Trinajstić information content (AvgIpc) is 2.78. The number of methoxy groups -OCH3 is 1. The number of amides is 2. The maximum atomic E-state index is 12.3. The summed E-state index contributed by atoms with van der Waals surface area (Å²) in [6.45, 7) is 0. The van der Waals surface area contributed by atoms with Crippen LogP contribution >= 0.6 is 0 Å². The highest BCUT2D eigenvalue weighted by molar-refractivity contribution is 6.33. The van der Waals surface area contributed by atoms with E-state index in [9.17, 15) is 19.7 Å². The lowest BCUT2D eigenvalue weighted by Gasteiger charge is -2.16. The van der Waals surface area contributed by atoms with Crippen LogP contribution in [0.25, 0.3) is 0 Å². The number of carbonyl (C=O) groups excluding carboxylic acids is 2. The first kappa shape index (κ1) is 13.6. The van der Waals surface area contributed by atoms with E-state index in [1.54, 1.807) is 0 Å². The molecule has 2 amide bonds. The quantitative estimate of drug-likeness (QED) is 0.475. The second-order valence-corrected chi connectivity index (χ2v) is 4.31. The minimum atomic E-state index is -0.702. The summed E-state index contributed by atoms with van der Waals surface area (Å²) in [5.74, 6) is -1.25. The molecule has 0 atom stereocenters. The molecule has 0 fully saturated rings. The molecule has 1 aliphatic heterocycles.